The summed E-state index contributed by atoms with van der Waals surface area (Å²) in [4.78, 5) is 10.8. The van der Waals surface area contributed by atoms with E-state index in [1.165, 1.54) is 64.2 Å². The summed E-state index contributed by atoms with van der Waals surface area (Å²) in [5, 5.41) is 0. The van der Waals surface area contributed by atoms with Gasteiger partial charge in [-0.25, -0.2) is 0 Å². The first-order valence-corrected chi connectivity index (χ1v) is 8.94. The topological polar surface area (TPSA) is 22.0 Å². The molecule has 1 unspecified atom stereocenters. The summed E-state index contributed by atoms with van der Waals surface area (Å²) in [7, 11) is 0. The van der Waals surface area contributed by atoms with Crippen LogP contribution >= 0.6 is 0 Å². The lowest BCUT2D eigenvalue weighted by Gasteiger charge is -2.16. The highest BCUT2D eigenvalue weighted by atomic mass is 16.1. The van der Waals surface area contributed by atoms with Crippen LogP contribution in [0.3, 0.4) is 0 Å². The number of hydrogen-bond acceptors (Lipinski definition) is 1. The predicted molar refractivity (Wildman–Crippen MR) is 90.6 cm³/mol. The lowest BCUT2D eigenvalue weighted by atomic mass is 10.0. The van der Waals surface area contributed by atoms with Crippen molar-refractivity contribution < 1.29 is 4.79 Å². The number of unbranched alkanes of at least 4 members (excludes halogenated alkanes) is 9. The van der Waals surface area contributed by atoms with E-state index in [1.54, 1.807) is 0 Å². The molecule has 0 amide bonds. The fourth-order valence-corrected chi connectivity index (χ4v) is 2.96. The van der Waals surface area contributed by atoms with Gasteiger partial charge in [-0.2, -0.15) is 0 Å². The molecule has 0 radical (unpaired) electrons. The van der Waals surface area contributed by atoms with Gasteiger partial charge in [-0.05, 0) is 18.6 Å². The first-order valence-electron chi connectivity index (χ1n) is 8.94. The van der Waals surface area contributed by atoms with Crippen LogP contribution in [0.25, 0.3) is 0 Å². The van der Waals surface area contributed by atoms with Gasteiger partial charge in [-0.15, -0.1) is 0 Å². The van der Waals surface area contributed by atoms with Gasteiger partial charge >= 0.3 is 0 Å². The molecule has 2 heteroatoms. The summed E-state index contributed by atoms with van der Waals surface area (Å²) in [5.74, 6) is 0. The van der Waals surface area contributed by atoms with E-state index in [0.717, 1.165) is 12.7 Å². The zero-order valence-electron chi connectivity index (χ0n) is 13.8. The van der Waals surface area contributed by atoms with Crippen LogP contribution in [0.2, 0.25) is 0 Å². The fourth-order valence-electron chi connectivity index (χ4n) is 2.96. The van der Waals surface area contributed by atoms with E-state index >= 15 is 0 Å². The highest BCUT2D eigenvalue weighted by Gasteiger charge is 2.08. The Morgan fingerprint density at radius 1 is 0.857 bits per heavy atom. The molecule has 0 bridgehead atoms. The van der Waals surface area contributed by atoms with Crippen LogP contribution in [-0.4, -0.2) is 10.9 Å². The van der Waals surface area contributed by atoms with E-state index in [1.807, 2.05) is 12.1 Å². The van der Waals surface area contributed by atoms with Crippen molar-refractivity contribution in [3.63, 3.8) is 0 Å². The number of nitrogens with zero attached hydrogens (tertiary/aromatic N) is 1. The Hall–Kier alpha value is -1.05. The highest BCUT2D eigenvalue weighted by molar-refractivity contribution is 5.50. The number of aldehydes is 1. The average molecular weight is 291 g/mol. The van der Waals surface area contributed by atoms with E-state index in [9.17, 15) is 4.79 Å². The molecule has 0 aliphatic carbocycles. The summed E-state index contributed by atoms with van der Waals surface area (Å²) in [6, 6.07) is 4.44. The van der Waals surface area contributed by atoms with E-state index in [4.69, 9.17) is 0 Å². The smallest absolute Gasteiger partial charge is 0.122 e. The van der Waals surface area contributed by atoms with E-state index in [2.05, 4.69) is 23.9 Å². The van der Waals surface area contributed by atoms with Crippen molar-refractivity contribution in [1.29, 1.82) is 0 Å². The fraction of sp³-hybridized carbons (Fsp3) is 0.737. The molecular formula is C19H33NO. The Morgan fingerprint density at radius 3 is 1.90 bits per heavy atom. The molecule has 0 N–H and O–H groups in total. The van der Waals surface area contributed by atoms with Crippen LogP contribution in [-0.2, 0) is 4.79 Å². The van der Waals surface area contributed by atoms with Gasteiger partial charge < -0.3 is 9.36 Å². The van der Waals surface area contributed by atoms with Gasteiger partial charge in [0.2, 0.25) is 0 Å². The molecule has 0 fully saturated rings. The quantitative estimate of drug-likeness (QED) is 0.307. The van der Waals surface area contributed by atoms with Crippen molar-refractivity contribution in [1.82, 2.24) is 4.57 Å². The maximum Gasteiger partial charge on any atom is 0.122 e. The second-order valence-electron chi connectivity index (χ2n) is 6.16. The standard InChI is InChI=1S/C19H33NO/c1-2-3-4-5-6-7-8-9-10-11-14-19(15-18-21)20-16-12-13-17-20/h12-13,16-19H,2-11,14-15H2,1H3. The minimum Gasteiger partial charge on any atom is -0.351 e. The van der Waals surface area contributed by atoms with Crippen LogP contribution in [0.1, 0.15) is 90.0 Å². The van der Waals surface area contributed by atoms with Crippen molar-refractivity contribution >= 4 is 6.29 Å². The Labute approximate surface area is 130 Å². The maximum atomic E-state index is 10.8. The third-order valence-electron chi connectivity index (χ3n) is 4.31. The monoisotopic (exact) mass is 291 g/mol. The normalized spacial score (nSPS) is 12.4. The SMILES string of the molecule is CCCCCCCCCCCCC(CC=O)n1cccc1. The Kier molecular flexibility index (Phi) is 10.9. The average Bonchev–Trinajstić information content (AvgIpc) is 3.02. The number of aromatic nitrogens is 1. The number of carbonyl (C=O) groups is 1. The summed E-state index contributed by atoms with van der Waals surface area (Å²) < 4.78 is 2.18. The lowest BCUT2D eigenvalue weighted by Crippen LogP contribution is -2.07. The summed E-state index contributed by atoms with van der Waals surface area (Å²) >= 11 is 0. The Morgan fingerprint density at radius 2 is 1.38 bits per heavy atom. The predicted octanol–water partition coefficient (Wildman–Crippen LogP) is 5.93. The third-order valence-corrected chi connectivity index (χ3v) is 4.31. The van der Waals surface area contributed by atoms with Crippen molar-refractivity contribution in [2.75, 3.05) is 0 Å². The van der Waals surface area contributed by atoms with Crippen molar-refractivity contribution in [2.24, 2.45) is 0 Å². The van der Waals surface area contributed by atoms with E-state index in [0.29, 0.717) is 12.5 Å². The van der Waals surface area contributed by atoms with Gasteiger partial charge in [0.1, 0.15) is 6.29 Å². The molecule has 2 nitrogen and oxygen atoms in total. The van der Waals surface area contributed by atoms with Gasteiger partial charge in [0.05, 0.1) is 0 Å². The first-order chi connectivity index (χ1) is 10.4. The van der Waals surface area contributed by atoms with Crippen molar-refractivity contribution in [3.05, 3.63) is 24.5 Å². The summed E-state index contributed by atoms with van der Waals surface area (Å²) in [6.07, 6.45) is 20.7. The van der Waals surface area contributed by atoms with Crippen LogP contribution < -0.4 is 0 Å². The molecule has 1 aromatic rings. The minimum absolute atomic E-state index is 0.367. The molecule has 1 aromatic heterocycles. The lowest BCUT2D eigenvalue weighted by molar-refractivity contribution is -0.108. The second kappa shape index (κ2) is 12.7. The molecule has 0 saturated heterocycles. The Balaban J connectivity index is 1.98. The van der Waals surface area contributed by atoms with Gasteiger partial charge in [-0.3, -0.25) is 0 Å². The highest BCUT2D eigenvalue weighted by Crippen LogP contribution is 2.20. The molecule has 1 rings (SSSR count). The van der Waals surface area contributed by atoms with E-state index in [-0.39, 0.29) is 0 Å². The minimum atomic E-state index is 0.367. The van der Waals surface area contributed by atoms with Crippen LogP contribution in [0.5, 0.6) is 0 Å². The van der Waals surface area contributed by atoms with Gasteiger partial charge in [-0.1, -0.05) is 71.1 Å². The number of carbonyl (C=O) groups excluding carboxylic acids is 1. The molecule has 1 heterocycles. The van der Waals surface area contributed by atoms with Gasteiger partial charge in [0.15, 0.2) is 0 Å². The third kappa shape index (κ3) is 8.75. The van der Waals surface area contributed by atoms with Crippen molar-refractivity contribution in [3.8, 4) is 0 Å². The molecule has 0 aliphatic rings. The Bertz CT molecular complexity index is 331. The molecular weight excluding hydrogens is 258 g/mol. The zero-order chi connectivity index (χ0) is 15.2. The molecule has 1 atom stereocenters. The number of rotatable bonds is 14. The van der Waals surface area contributed by atoms with Gasteiger partial charge in [0, 0.05) is 24.9 Å². The van der Waals surface area contributed by atoms with Gasteiger partial charge in [0.25, 0.3) is 0 Å². The van der Waals surface area contributed by atoms with Crippen LogP contribution in [0, 0.1) is 0 Å². The molecule has 120 valence electrons. The molecule has 0 aromatic carbocycles. The zero-order valence-corrected chi connectivity index (χ0v) is 13.8. The summed E-state index contributed by atoms with van der Waals surface area (Å²) in [5.41, 5.74) is 0. The molecule has 0 aliphatic heterocycles. The molecule has 0 saturated carbocycles. The van der Waals surface area contributed by atoms with Crippen LogP contribution in [0.15, 0.2) is 24.5 Å². The summed E-state index contributed by atoms with van der Waals surface area (Å²) in [6.45, 7) is 2.27. The number of hydrogen-bond donors (Lipinski definition) is 0. The molecule has 21 heavy (non-hydrogen) atoms. The second-order valence-corrected chi connectivity index (χ2v) is 6.16. The van der Waals surface area contributed by atoms with E-state index < -0.39 is 0 Å². The maximum absolute atomic E-state index is 10.8. The molecule has 0 spiro atoms. The van der Waals surface area contributed by atoms with Crippen molar-refractivity contribution in [2.45, 2.75) is 90.0 Å². The van der Waals surface area contributed by atoms with Crippen LogP contribution in [0.4, 0.5) is 0 Å². The largest absolute Gasteiger partial charge is 0.351 e. The first kappa shape index (κ1) is 18.0.